The number of carbonyl (C=O) groups excluding carboxylic acids is 1. The zero-order chi connectivity index (χ0) is 17.6. The van der Waals surface area contributed by atoms with Gasteiger partial charge in [-0.05, 0) is 37.3 Å². The molecule has 0 unspecified atom stereocenters. The van der Waals surface area contributed by atoms with Gasteiger partial charge < -0.3 is 19.7 Å². The predicted molar refractivity (Wildman–Crippen MR) is 94.0 cm³/mol. The van der Waals surface area contributed by atoms with E-state index in [9.17, 15) is 4.79 Å². The fourth-order valence-electron chi connectivity index (χ4n) is 2.63. The molecule has 25 heavy (non-hydrogen) atoms. The van der Waals surface area contributed by atoms with Gasteiger partial charge in [0, 0.05) is 24.3 Å². The Morgan fingerprint density at radius 2 is 1.96 bits per heavy atom. The summed E-state index contributed by atoms with van der Waals surface area (Å²) in [5.41, 5.74) is 2.25. The van der Waals surface area contributed by atoms with E-state index in [0.717, 1.165) is 30.2 Å². The van der Waals surface area contributed by atoms with Gasteiger partial charge in [-0.1, -0.05) is 0 Å². The van der Waals surface area contributed by atoms with Crippen LogP contribution in [0.25, 0.3) is 0 Å². The Morgan fingerprint density at radius 1 is 1.24 bits per heavy atom. The number of aromatic nitrogens is 2. The average Bonchev–Trinajstić information content (AvgIpc) is 2.66. The number of morpholine rings is 1. The number of methoxy groups -OCH3 is 1. The van der Waals surface area contributed by atoms with Crippen molar-refractivity contribution in [2.24, 2.45) is 0 Å². The monoisotopic (exact) mass is 342 g/mol. The van der Waals surface area contributed by atoms with Crippen molar-refractivity contribution in [1.82, 2.24) is 15.3 Å². The third-order valence-electron chi connectivity index (χ3n) is 3.97. The molecule has 0 bridgehead atoms. The molecule has 3 rings (SSSR count). The maximum atomic E-state index is 12.3. The molecule has 1 aliphatic heterocycles. The van der Waals surface area contributed by atoms with Crippen molar-refractivity contribution in [2.75, 3.05) is 38.3 Å². The first-order chi connectivity index (χ1) is 12.2. The van der Waals surface area contributed by atoms with Crippen LogP contribution in [-0.2, 0) is 11.3 Å². The number of anilines is 1. The lowest BCUT2D eigenvalue weighted by molar-refractivity contribution is 0.0950. The standard InChI is InChI=1S/C18H22N4O3/c1-13-11-15(21-18(20-13)22-7-9-25-10-8-22)12-19-17(23)14-3-5-16(24-2)6-4-14/h3-6,11H,7-10,12H2,1-2H3,(H,19,23). The number of carbonyl (C=O) groups is 1. The molecule has 7 heteroatoms. The van der Waals surface area contributed by atoms with E-state index in [0.29, 0.717) is 31.3 Å². The smallest absolute Gasteiger partial charge is 0.251 e. The fraction of sp³-hybridized carbons (Fsp3) is 0.389. The zero-order valence-electron chi connectivity index (χ0n) is 14.5. The van der Waals surface area contributed by atoms with Crippen molar-refractivity contribution in [3.05, 3.63) is 47.3 Å². The molecule has 1 aromatic carbocycles. The molecule has 1 fully saturated rings. The number of nitrogens with one attached hydrogen (secondary N) is 1. The summed E-state index contributed by atoms with van der Waals surface area (Å²) < 4.78 is 10.5. The molecule has 0 spiro atoms. The first-order valence-corrected chi connectivity index (χ1v) is 8.25. The second-order valence-corrected chi connectivity index (χ2v) is 5.81. The Balaban J connectivity index is 1.65. The quantitative estimate of drug-likeness (QED) is 0.889. The van der Waals surface area contributed by atoms with Crippen LogP contribution in [0.2, 0.25) is 0 Å². The van der Waals surface area contributed by atoms with Crippen LogP contribution < -0.4 is 15.0 Å². The summed E-state index contributed by atoms with van der Waals surface area (Å²) in [6.07, 6.45) is 0. The summed E-state index contributed by atoms with van der Waals surface area (Å²) >= 11 is 0. The van der Waals surface area contributed by atoms with Crippen molar-refractivity contribution >= 4 is 11.9 Å². The first-order valence-electron chi connectivity index (χ1n) is 8.25. The SMILES string of the molecule is COc1ccc(C(=O)NCc2cc(C)nc(N3CCOCC3)n2)cc1. The topological polar surface area (TPSA) is 76.6 Å². The molecular formula is C18H22N4O3. The Morgan fingerprint density at radius 3 is 2.64 bits per heavy atom. The summed E-state index contributed by atoms with van der Waals surface area (Å²) in [5.74, 6) is 1.27. The number of benzene rings is 1. The van der Waals surface area contributed by atoms with Crippen molar-refractivity contribution in [3.8, 4) is 5.75 Å². The molecule has 1 amide bonds. The van der Waals surface area contributed by atoms with E-state index in [1.165, 1.54) is 0 Å². The van der Waals surface area contributed by atoms with Gasteiger partial charge in [0.15, 0.2) is 0 Å². The highest BCUT2D eigenvalue weighted by molar-refractivity contribution is 5.94. The second-order valence-electron chi connectivity index (χ2n) is 5.81. The van der Waals surface area contributed by atoms with Gasteiger partial charge in [-0.2, -0.15) is 0 Å². The molecule has 2 heterocycles. The predicted octanol–water partition coefficient (Wildman–Crippen LogP) is 1.56. The second kappa shape index (κ2) is 7.94. The Kier molecular flexibility index (Phi) is 5.45. The number of hydrogen-bond acceptors (Lipinski definition) is 6. The molecule has 0 atom stereocenters. The summed E-state index contributed by atoms with van der Waals surface area (Å²) in [7, 11) is 1.60. The van der Waals surface area contributed by atoms with Crippen LogP contribution in [0.1, 0.15) is 21.7 Å². The molecule has 2 aromatic rings. The fourth-order valence-corrected chi connectivity index (χ4v) is 2.63. The van der Waals surface area contributed by atoms with Gasteiger partial charge >= 0.3 is 0 Å². The molecular weight excluding hydrogens is 320 g/mol. The molecule has 0 aliphatic carbocycles. The van der Waals surface area contributed by atoms with E-state index in [1.807, 2.05) is 13.0 Å². The highest BCUT2D eigenvalue weighted by Gasteiger charge is 2.15. The normalized spacial score (nSPS) is 14.2. The Bertz CT molecular complexity index is 728. The van der Waals surface area contributed by atoms with Crippen molar-refractivity contribution in [1.29, 1.82) is 0 Å². The minimum atomic E-state index is -0.146. The number of rotatable bonds is 5. The largest absolute Gasteiger partial charge is 0.497 e. The van der Waals surface area contributed by atoms with Gasteiger partial charge in [0.25, 0.3) is 5.91 Å². The molecule has 1 aliphatic rings. The number of hydrogen-bond donors (Lipinski definition) is 1. The van der Waals surface area contributed by atoms with Crippen molar-refractivity contribution in [3.63, 3.8) is 0 Å². The van der Waals surface area contributed by atoms with Gasteiger partial charge in [0.1, 0.15) is 5.75 Å². The zero-order valence-corrected chi connectivity index (χ0v) is 14.5. The highest BCUT2D eigenvalue weighted by atomic mass is 16.5. The van der Waals surface area contributed by atoms with E-state index < -0.39 is 0 Å². The Hall–Kier alpha value is -2.67. The van der Waals surface area contributed by atoms with Crippen molar-refractivity contribution in [2.45, 2.75) is 13.5 Å². The number of amides is 1. The van der Waals surface area contributed by atoms with Gasteiger partial charge in [0.05, 0.1) is 32.6 Å². The number of nitrogens with zero attached hydrogens (tertiary/aromatic N) is 3. The number of aryl methyl sites for hydroxylation is 1. The molecule has 132 valence electrons. The van der Waals surface area contributed by atoms with E-state index in [4.69, 9.17) is 9.47 Å². The van der Waals surface area contributed by atoms with Crippen LogP contribution in [0, 0.1) is 6.92 Å². The van der Waals surface area contributed by atoms with Crippen LogP contribution in [-0.4, -0.2) is 49.3 Å². The molecule has 1 saturated heterocycles. The van der Waals surface area contributed by atoms with Crippen molar-refractivity contribution < 1.29 is 14.3 Å². The average molecular weight is 342 g/mol. The van der Waals surface area contributed by atoms with Crippen LogP contribution >= 0.6 is 0 Å². The maximum Gasteiger partial charge on any atom is 0.251 e. The highest BCUT2D eigenvalue weighted by Crippen LogP contribution is 2.13. The van der Waals surface area contributed by atoms with Gasteiger partial charge in [-0.25, -0.2) is 9.97 Å². The third-order valence-corrected chi connectivity index (χ3v) is 3.97. The van der Waals surface area contributed by atoms with Crippen LogP contribution in [0.3, 0.4) is 0 Å². The van der Waals surface area contributed by atoms with E-state index in [2.05, 4.69) is 20.2 Å². The molecule has 0 saturated carbocycles. The van der Waals surface area contributed by atoms with E-state index in [1.54, 1.807) is 31.4 Å². The van der Waals surface area contributed by atoms with Gasteiger partial charge in [0.2, 0.25) is 5.95 Å². The summed E-state index contributed by atoms with van der Waals surface area (Å²) in [6, 6.07) is 8.88. The first kappa shape index (κ1) is 17.2. The van der Waals surface area contributed by atoms with E-state index in [-0.39, 0.29) is 5.91 Å². The number of ether oxygens (including phenoxy) is 2. The Labute approximate surface area is 147 Å². The molecule has 1 N–H and O–H groups in total. The van der Waals surface area contributed by atoms with E-state index >= 15 is 0 Å². The molecule has 0 radical (unpaired) electrons. The minimum absolute atomic E-state index is 0.146. The summed E-state index contributed by atoms with van der Waals surface area (Å²) in [6.45, 7) is 5.20. The lowest BCUT2D eigenvalue weighted by Crippen LogP contribution is -2.37. The van der Waals surface area contributed by atoms with Crippen LogP contribution in [0.15, 0.2) is 30.3 Å². The summed E-state index contributed by atoms with van der Waals surface area (Å²) in [5, 5.41) is 2.90. The van der Waals surface area contributed by atoms with Gasteiger partial charge in [-0.3, -0.25) is 4.79 Å². The minimum Gasteiger partial charge on any atom is -0.497 e. The molecule has 7 nitrogen and oxygen atoms in total. The van der Waals surface area contributed by atoms with Gasteiger partial charge in [-0.15, -0.1) is 0 Å². The lowest BCUT2D eigenvalue weighted by atomic mass is 10.2. The maximum absolute atomic E-state index is 12.3. The van der Waals surface area contributed by atoms with Crippen LogP contribution in [0.5, 0.6) is 5.75 Å². The van der Waals surface area contributed by atoms with Crippen LogP contribution in [0.4, 0.5) is 5.95 Å². The summed E-state index contributed by atoms with van der Waals surface area (Å²) in [4.78, 5) is 23.4. The molecule has 1 aromatic heterocycles. The third kappa shape index (κ3) is 4.45. The lowest BCUT2D eigenvalue weighted by Gasteiger charge is -2.27.